The van der Waals surface area contributed by atoms with Crippen molar-refractivity contribution in [1.82, 2.24) is 5.32 Å². The average Bonchev–Trinajstić information content (AvgIpc) is 2.43. The number of benzene rings is 1. The summed E-state index contributed by atoms with van der Waals surface area (Å²) < 4.78 is 0. The van der Waals surface area contributed by atoms with Crippen molar-refractivity contribution < 1.29 is 9.59 Å². The van der Waals surface area contributed by atoms with Gasteiger partial charge in [-0.05, 0) is 35.8 Å². The van der Waals surface area contributed by atoms with E-state index in [1.807, 2.05) is 12.1 Å². The van der Waals surface area contributed by atoms with Crippen LogP contribution in [0.2, 0.25) is 0 Å². The number of hydrogen-bond acceptors (Lipinski definition) is 2. The quantitative estimate of drug-likeness (QED) is 0.805. The van der Waals surface area contributed by atoms with Crippen molar-refractivity contribution in [3.8, 4) is 0 Å². The van der Waals surface area contributed by atoms with E-state index in [4.69, 9.17) is 0 Å². The van der Waals surface area contributed by atoms with Crippen LogP contribution < -0.4 is 5.32 Å². The van der Waals surface area contributed by atoms with Gasteiger partial charge in [0, 0.05) is 6.42 Å². The molecule has 1 aliphatic heterocycles. The molecule has 1 aromatic carbocycles. The van der Waals surface area contributed by atoms with Gasteiger partial charge >= 0.3 is 0 Å². The molecular formula is C18H23NO2. The summed E-state index contributed by atoms with van der Waals surface area (Å²) in [6.07, 6.45) is 4.90. The van der Waals surface area contributed by atoms with Crippen molar-refractivity contribution >= 4 is 11.8 Å². The summed E-state index contributed by atoms with van der Waals surface area (Å²) in [4.78, 5) is 24.7. The Bertz CT molecular complexity index is 580. The van der Waals surface area contributed by atoms with Crippen molar-refractivity contribution in [3.63, 3.8) is 0 Å². The molecule has 0 radical (unpaired) electrons. The third-order valence-corrected chi connectivity index (χ3v) is 5.60. The number of imide groups is 1. The molecule has 3 nitrogen and oxygen atoms in total. The van der Waals surface area contributed by atoms with Crippen LogP contribution in [0.3, 0.4) is 0 Å². The SMILES string of the molecule is Cc1ccccc1C1C(=O)NC(=O)CC12CCCCC2C. The Kier molecular flexibility index (Phi) is 3.60. The van der Waals surface area contributed by atoms with Crippen LogP contribution in [0.4, 0.5) is 0 Å². The summed E-state index contributed by atoms with van der Waals surface area (Å²) in [6.45, 7) is 4.27. The lowest BCUT2D eigenvalue weighted by molar-refractivity contribution is -0.143. The third-order valence-electron chi connectivity index (χ3n) is 5.60. The molecule has 112 valence electrons. The van der Waals surface area contributed by atoms with Crippen LogP contribution >= 0.6 is 0 Å². The Hall–Kier alpha value is -1.64. The van der Waals surface area contributed by atoms with E-state index in [0.717, 1.165) is 30.4 Å². The fourth-order valence-corrected chi connectivity index (χ4v) is 4.41. The van der Waals surface area contributed by atoms with Gasteiger partial charge in [-0.15, -0.1) is 0 Å². The molecule has 1 heterocycles. The normalized spacial score (nSPS) is 33.0. The number of amides is 2. The first-order chi connectivity index (χ1) is 10.0. The molecule has 3 heteroatoms. The highest BCUT2D eigenvalue weighted by Gasteiger charge is 2.52. The van der Waals surface area contributed by atoms with E-state index in [0.29, 0.717) is 12.3 Å². The standard InChI is InChI=1S/C18H23NO2/c1-12-7-3-4-9-14(12)16-17(21)19-15(20)11-18(16)10-6-5-8-13(18)2/h3-4,7,9,13,16H,5-6,8,10-11H2,1-2H3,(H,19,20,21). The number of hydrogen-bond donors (Lipinski definition) is 1. The van der Waals surface area contributed by atoms with E-state index in [2.05, 4.69) is 31.3 Å². The summed E-state index contributed by atoms with van der Waals surface area (Å²) in [5.41, 5.74) is 2.05. The molecule has 1 saturated heterocycles. The summed E-state index contributed by atoms with van der Waals surface area (Å²) in [5.74, 6) is 0.0189. The van der Waals surface area contributed by atoms with Crippen LogP contribution in [-0.2, 0) is 9.59 Å². The number of nitrogens with one attached hydrogen (secondary N) is 1. The molecule has 3 atom stereocenters. The van der Waals surface area contributed by atoms with Gasteiger partial charge in [0.2, 0.25) is 11.8 Å². The monoisotopic (exact) mass is 285 g/mol. The highest BCUT2D eigenvalue weighted by molar-refractivity contribution is 6.02. The van der Waals surface area contributed by atoms with Gasteiger partial charge in [0.15, 0.2) is 0 Å². The molecule has 21 heavy (non-hydrogen) atoms. The molecule has 0 aromatic heterocycles. The largest absolute Gasteiger partial charge is 0.296 e. The number of aryl methyl sites for hydroxylation is 1. The van der Waals surface area contributed by atoms with Crippen molar-refractivity contribution in [1.29, 1.82) is 0 Å². The number of carbonyl (C=O) groups is 2. The van der Waals surface area contributed by atoms with Gasteiger partial charge in [-0.2, -0.15) is 0 Å². The zero-order chi connectivity index (χ0) is 15.0. The molecule has 0 bridgehead atoms. The minimum atomic E-state index is -0.191. The Labute approximate surface area is 126 Å². The van der Waals surface area contributed by atoms with Gasteiger partial charge in [0.1, 0.15) is 0 Å². The first-order valence-corrected chi connectivity index (χ1v) is 7.94. The van der Waals surface area contributed by atoms with Gasteiger partial charge in [0.05, 0.1) is 5.92 Å². The smallest absolute Gasteiger partial charge is 0.234 e. The minimum absolute atomic E-state index is 0.0985. The Balaban J connectivity index is 2.11. The fraction of sp³-hybridized carbons (Fsp3) is 0.556. The van der Waals surface area contributed by atoms with Crippen LogP contribution in [-0.4, -0.2) is 11.8 Å². The van der Waals surface area contributed by atoms with Crippen molar-refractivity contribution in [2.45, 2.75) is 51.9 Å². The van der Waals surface area contributed by atoms with Crippen molar-refractivity contribution in [3.05, 3.63) is 35.4 Å². The molecular weight excluding hydrogens is 262 g/mol. The fourth-order valence-electron chi connectivity index (χ4n) is 4.41. The second kappa shape index (κ2) is 5.28. The van der Waals surface area contributed by atoms with Gasteiger partial charge in [-0.1, -0.05) is 50.5 Å². The predicted molar refractivity (Wildman–Crippen MR) is 81.8 cm³/mol. The van der Waals surface area contributed by atoms with Crippen LogP contribution in [0.1, 0.15) is 56.1 Å². The molecule has 2 amide bonds. The number of piperidine rings is 1. The van der Waals surface area contributed by atoms with Gasteiger partial charge in [-0.3, -0.25) is 14.9 Å². The molecule has 1 aromatic rings. The minimum Gasteiger partial charge on any atom is -0.296 e. The van der Waals surface area contributed by atoms with Crippen LogP contribution in [0.5, 0.6) is 0 Å². The zero-order valence-corrected chi connectivity index (χ0v) is 12.8. The molecule has 1 saturated carbocycles. The number of carbonyl (C=O) groups excluding carboxylic acids is 2. The summed E-state index contributed by atoms with van der Waals surface area (Å²) >= 11 is 0. The summed E-state index contributed by atoms with van der Waals surface area (Å²) in [7, 11) is 0. The molecule has 1 aliphatic carbocycles. The van der Waals surface area contributed by atoms with E-state index in [1.165, 1.54) is 6.42 Å². The summed E-state index contributed by atoms with van der Waals surface area (Å²) in [6, 6.07) is 8.10. The maximum absolute atomic E-state index is 12.6. The van der Waals surface area contributed by atoms with E-state index >= 15 is 0 Å². The lowest BCUT2D eigenvalue weighted by atomic mass is 9.55. The molecule has 3 unspecified atom stereocenters. The van der Waals surface area contributed by atoms with E-state index in [1.54, 1.807) is 0 Å². The van der Waals surface area contributed by atoms with Crippen molar-refractivity contribution in [2.75, 3.05) is 0 Å². The second-order valence-corrected chi connectivity index (χ2v) is 6.76. The topological polar surface area (TPSA) is 46.2 Å². The Morgan fingerprint density at radius 1 is 1.19 bits per heavy atom. The molecule has 1 N–H and O–H groups in total. The average molecular weight is 285 g/mol. The predicted octanol–water partition coefficient (Wildman–Crippen LogP) is 3.32. The van der Waals surface area contributed by atoms with Crippen LogP contribution in [0.25, 0.3) is 0 Å². The molecule has 2 fully saturated rings. The van der Waals surface area contributed by atoms with E-state index < -0.39 is 0 Å². The Morgan fingerprint density at radius 2 is 1.95 bits per heavy atom. The number of rotatable bonds is 1. The lowest BCUT2D eigenvalue weighted by Crippen LogP contribution is -2.54. The van der Waals surface area contributed by atoms with E-state index in [-0.39, 0.29) is 23.1 Å². The first kappa shape index (κ1) is 14.3. The Morgan fingerprint density at radius 3 is 2.67 bits per heavy atom. The first-order valence-electron chi connectivity index (χ1n) is 7.94. The maximum Gasteiger partial charge on any atom is 0.234 e. The molecule has 3 rings (SSSR count). The van der Waals surface area contributed by atoms with Crippen LogP contribution in [0, 0.1) is 18.3 Å². The lowest BCUT2D eigenvalue weighted by Gasteiger charge is -2.49. The molecule has 2 aliphatic rings. The molecule has 1 spiro atoms. The second-order valence-electron chi connectivity index (χ2n) is 6.76. The van der Waals surface area contributed by atoms with Gasteiger partial charge in [-0.25, -0.2) is 0 Å². The van der Waals surface area contributed by atoms with Crippen LogP contribution in [0.15, 0.2) is 24.3 Å². The third kappa shape index (κ3) is 2.29. The van der Waals surface area contributed by atoms with Crippen molar-refractivity contribution in [2.24, 2.45) is 11.3 Å². The van der Waals surface area contributed by atoms with Gasteiger partial charge in [0.25, 0.3) is 0 Å². The maximum atomic E-state index is 12.6. The summed E-state index contributed by atoms with van der Waals surface area (Å²) in [5, 5.41) is 2.57. The van der Waals surface area contributed by atoms with Gasteiger partial charge < -0.3 is 0 Å². The highest BCUT2D eigenvalue weighted by Crippen LogP contribution is 2.55. The zero-order valence-electron chi connectivity index (χ0n) is 12.8. The van der Waals surface area contributed by atoms with E-state index in [9.17, 15) is 9.59 Å². The highest BCUT2D eigenvalue weighted by atomic mass is 16.2.